The molecule has 5 heteroatoms. The molecule has 1 aromatic heterocycles. The molecule has 1 saturated carbocycles. The maximum Gasteiger partial charge on any atom is 0.271 e. The molecule has 0 saturated heterocycles. The Hall–Kier alpha value is -2.82. The quantitative estimate of drug-likeness (QED) is 0.612. The van der Waals surface area contributed by atoms with Crippen LogP contribution in [0.4, 0.5) is 0 Å². The van der Waals surface area contributed by atoms with Crippen molar-refractivity contribution in [2.75, 3.05) is 6.54 Å². The molecule has 3 aliphatic rings. The minimum atomic E-state index is -0.912. The number of nitrogens with one attached hydrogen (secondary N) is 1. The second kappa shape index (κ2) is 9.20. The van der Waals surface area contributed by atoms with E-state index in [0.717, 1.165) is 43.4 Å². The fraction of sp³-hybridized carbons (Fsp3) is 0.500. The van der Waals surface area contributed by atoms with Crippen LogP contribution in [0, 0.1) is 0 Å². The molecular weight excluding hydrogens is 410 g/mol. The lowest BCUT2D eigenvalue weighted by Crippen LogP contribution is -2.65. The van der Waals surface area contributed by atoms with Crippen LogP contribution in [0.25, 0.3) is 11.3 Å². The summed E-state index contributed by atoms with van der Waals surface area (Å²) in [4.78, 5) is 29.4. The second-order valence-corrected chi connectivity index (χ2v) is 10.1. The number of hydrogen-bond acceptors (Lipinski definition) is 2. The van der Waals surface area contributed by atoms with Gasteiger partial charge in [-0.1, -0.05) is 54.8 Å². The van der Waals surface area contributed by atoms with Crippen LogP contribution in [0.15, 0.2) is 54.1 Å². The highest BCUT2D eigenvalue weighted by Crippen LogP contribution is 2.34. The summed E-state index contributed by atoms with van der Waals surface area (Å²) in [6, 6.07) is 14.3. The third-order valence-corrected chi connectivity index (χ3v) is 7.80. The molecule has 0 spiro atoms. The number of allylic oxidation sites excluding steroid dienone is 1. The summed E-state index contributed by atoms with van der Waals surface area (Å²) < 4.78 is 2.06. The van der Waals surface area contributed by atoms with E-state index in [1.807, 2.05) is 42.2 Å². The van der Waals surface area contributed by atoms with E-state index in [9.17, 15) is 9.59 Å². The standard InChI is InChI=1S/C28H35N3O2/c1-28(27(33)29-23-14-8-9-15-23)20-30-24(22-12-6-3-7-13-22)16-17-25(30)26(32)31(28)19-18-21-10-4-2-5-11-21/h3,6-7,10,12-13,16-17,23H,2,4-5,8-9,11,14-15,18-20H2,1H3,(H,29,33). The highest BCUT2D eigenvalue weighted by molar-refractivity contribution is 6.00. The van der Waals surface area contributed by atoms with Gasteiger partial charge in [0.15, 0.2) is 0 Å². The summed E-state index contributed by atoms with van der Waals surface area (Å²) in [7, 11) is 0. The van der Waals surface area contributed by atoms with Crippen LogP contribution in [0.3, 0.4) is 0 Å². The van der Waals surface area contributed by atoms with Crippen molar-refractivity contribution in [1.82, 2.24) is 14.8 Å². The molecule has 1 N–H and O–H groups in total. The molecular formula is C28H35N3O2. The molecule has 33 heavy (non-hydrogen) atoms. The normalized spacial score (nSPS) is 23.4. The number of amides is 2. The predicted molar refractivity (Wildman–Crippen MR) is 131 cm³/mol. The summed E-state index contributed by atoms with van der Waals surface area (Å²) >= 11 is 0. The lowest BCUT2D eigenvalue weighted by Gasteiger charge is -2.45. The zero-order valence-corrected chi connectivity index (χ0v) is 19.7. The monoisotopic (exact) mass is 445 g/mol. The smallest absolute Gasteiger partial charge is 0.271 e. The van der Waals surface area contributed by atoms with Gasteiger partial charge in [-0.05, 0) is 69.6 Å². The molecule has 5 nitrogen and oxygen atoms in total. The molecule has 2 amide bonds. The highest BCUT2D eigenvalue weighted by Gasteiger charge is 2.48. The molecule has 1 aliphatic heterocycles. The molecule has 2 heterocycles. The van der Waals surface area contributed by atoms with Crippen molar-refractivity contribution in [3.63, 3.8) is 0 Å². The summed E-state index contributed by atoms with van der Waals surface area (Å²) in [5.41, 5.74) is 3.25. The predicted octanol–water partition coefficient (Wildman–Crippen LogP) is 5.32. The Morgan fingerprint density at radius 1 is 1.03 bits per heavy atom. The van der Waals surface area contributed by atoms with E-state index in [0.29, 0.717) is 18.8 Å². The number of benzene rings is 1. The highest BCUT2D eigenvalue weighted by atomic mass is 16.2. The average Bonchev–Trinajstić information content (AvgIpc) is 3.50. The van der Waals surface area contributed by atoms with Crippen molar-refractivity contribution in [2.45, 2.75) is 82.8 Å². The number of carbonyl (C=O) groups is 2. The molecule has 1 aromatic carbocycles. The van der Waals surface area contributed by atoms with E-state index in [2.05, 4.69) is 28.1 Å². The summed E-state index contributed by atoms with van der Waals surface area (Å²) in [6.07, 6.45) is 12.3. The fourth-order valence-electron chi connectivity index (χ4n) is 5.78. The Kier molecular flexibility index (Phi) is 6.13. The van der Waals surface area contributed by atoms with E-state index in [1.165, 1.54) is 31.3 Å². The summed E-state index contributed by atoms with van der Waals surface area (Å²) in [5.74, 6) is -0.0531. The Labute approximate surface area is 196 Å². The van der Waals surface area contributed by atoms with Gasteiger partial charge in [0.2, 0.25) is 5.91 Å². The van der Waals surface area contributed by atoms with E-state index in [-0.39, 0.29) is 17.9 Å². The molecule has 1 atom stereocenters. The Morgan fingerprint density at radius 2 is 1.79 bits per heavy atom. The zero-order valence-electron chi connectivity index (χ0n) is 19.7. The van der Waals surface area contributed by atoms with Crippen LogP contribution in [-0.4, -0.2) is 39.4 Å². The van der Waals surface area contributed by atoms with Crippen molar-refractivity contribution >= 4 is 11.8 Å². The average molecular weight is 446 g/mol. The minimum absolute atomic E-state index is 0.0151. The van der Waals surface area contributed by atoms with Crippen LogP contribution in [-0.2, 0) is 11.3 Å². The largest absolute Gasteiger partial charge is 0.351 e. The van der Waals surface area contributed by atoms with E-state index in [4.69, 9.17) is 0 Å². The van der Waals surface area contributed by atoms with Gasteiger partial charge >= 0.3 is 0 Å². The van der Waals surface area contributed by atoms with Gasteiger partial charge in [0, 0.05) is 18.3 Å². The molecule has 2 aliphatic carbocycles. The van der Waals surface area contributed by atoms with Gasteiger partial charge in [-0.3, -0.25) is 9.59 Å². The van der Waals surface area contributed by atoms with Gasteiger partial charge in [0.25, 0.3) is 5.91 Å². The van der Waals surface area contributed by atoms with Crippen LogP contribution < -0.4 is 5.32 Å². The molecule has 2 aromatic rings. The number of rotatable bonds is 6. The number of nitrogens with zero attached hydrogens (tertiary/aromatic N) is 2. The van der Waals surface area contributed by atoms with Gasteiger partial charge in [0.05, 0.1) is 6.54 Å². The number of aromatic nitrogens is 1. The van der Waals surface area contributed by atoms with Crippen molar-refractivity contribution < 1.29 is 9.59 Å². The van der Waals surface area contributed by atoms with Gasteiger partial charge in [-0.25, -0.2) is 0 Å². The van der Waals surface area contributed by atoms with Crippen molar-refractivity contribution in [2.24, 2.45) is 0 Å². The Morgan fingerprint density at radius 3 is 2.52 bits per heavy atom. The third kappa shape index (κ3) is 4.25. The molecule has 1 unspecified atom stereocenters. The summed E-state index contributed by atoms with van der Waals surface area (Å²) in [6.45, 7) is 3.02. The molecule has 174 valence electrons. The fourth-order valence-corrected chi connectivity index (χ4v) is 5.78. The first-order valence-corrected chi connectivity index (χ1v) is 12.6. The lowest BCUT2D eigenvalue weighted by molar-refractivity contribution is -0.133. The maximum atomic E-state index is 13.8. The first-order valence-electron chi connectivity index (χ1n) is 12.6. The van der Waals surface area contributed by atoms with Crippen molar-refractivity contribution in [1.29, 1.82) is 0 Å². The topological polar surface area (TPSA) is 54.3 Å². The van der Waals surface area contributed by atoms with Gasteiger partial charge in [-0.2, -0.15) is 0 Å². The maximum absolute atomic E-state index is 13.8. The first kappa shape index (κ1) is 22.0. The van der Waals surface area contributed by atoms with E-state index in [1.54, 1.807) is 0 Å². The van der Waals surface area contributed by atoms with E-state index < -0.39 is 5.54 Å². The second-order valence-electron chi connectivity index (χ2n) is 10.1. The van der Waals surface area contributed by atoms with Crippen LogP contribution in [0.2, 0.25) is 0 Å². The minimum Gasteiger partial charge on any atom is -0.351 e. The SMILES string of the molecule is CC1(C(=O)NC2CCCC2)Cn2c(ccc2-c2ccccc2)C(=O)N1CCC1=CCCCC1. The molecule has 1 fully saturated rings. The Balaban J connectivity index is 1.48. The van der Waals surface area contributed by atoms with Crippen LogP contribution in [0.5, 0.6) is 0 Å². The van der Waals surface area contributed by atoms with Crippen molar-refractivity contribution in [3.05, 3.63) is 59.8 Å². The Bertz CT molecular complexity index is 1050. The number of carbonyl (C=O) groups excluding carboxylic acids is 2. The molecule has 0 bridgehead atoms. The third-order valence-electron chi connectivity index (χ3n) is 7.80. The number of fused-ring (bicyclic) bond motifs is 1. The summed E-state index contributed by atoms with van der Waals surface area (Å²) in [5, 5.41) is 3.30. The van der Waals surface area contributed by atoms with Crippen LogP contribution >= 0.6 is 0 Å². The van der Waals surface area contributed by atoms with Gasteiger partial charge < -0.3 is 14.8 Å². The van der Waals surface area contributed by atoms with Crippen LogP contribution in [0.1, 0.15) is 75.2 Å². The zero-order chi connectivity index (χ0) is 22.8. The number of hydrogen-bond donors (Lipinski definition) is 1. The molecule has 5 rings (SSSR count). The first-order chi connectivity index (χ1) is 16.1. The van der Waals surface area contributed by atoms with E-state index >= 15 is 0 Å². The van der Waals surface area contributed by atoms with Crippen molar-refractivity contribution in [3.8, 4) is 11.3 Å². The molecule has 0 radical (unpaired) electrons. The lowest BCUT2D eigenvalue weighted by atomic mass is 9.92. The van der Waals surface area contributed by atoms with Gasteiger partial charge in [-0.15, -0.1) is 0 Å². The van der Waals surface area contributed by atoms with Gasteiger partial charge in [0.1, 0.15) is 11.2 Å².